The van der Waals surface area contributed by atoms with Gasteiger partial charge in [-0.15, -0.1) is 0 Å². The quantitative estimate of drug-likeness (QED) is 0.841. The lowest BCUT2D eigenvalue weighted by atomic mass is 9.95. The molecular formula is C14H23NO3S. The van der Waals surface area contributed by atoms with E-state index in [0.29, 0.717) is 17.9 Å². The normalized spacial score (nSPS) is 15.5. The first-order valence-electron chi connectivity index (χ1n) is 6.42. The highest BCUT2D eigenvalue weighted by Gasteiger charge is 2.25. The van der Waals surface area contributed by atoms with Crippen molar-refractivity contribution in [2.45, 2.75) is 44.6 Å². The van der Waals surface area contributed by atoms with Gasteiger partial charge in [0.15, 0.2) is 0 Å². The number of aryl methyl sites for hydroxylation is 1. The Hall–Kier alpha value is -0.910. The topological polar surface area (TPSA) is 66.4 Å². The molecule has 0 aliphatic rings. The number of nitrogens with one attached hydrogen (secondary N) is 1. The average molecular weight is 285 g/mol. The molecule has 0 saturated carbocycles. The molecule has 0 aromatic heterocycles. The zero-order chi connectivity index (χ0) is 14.7. The molecule has 0 amide bonds. The molecule has 0 radical (unpaired) electrons. The van der Waals surface area contributed by atoms with Crippen LogP contribution in [0.2, 0.25) is 0 Å². The summed E-state index contributed by atoms with van der Waals surface area (Å²) < 4.78 is 26.8. The molecule has 1 atom stereocenters. The SMILES string of the molecule is Cc1ccccc1S(=O)(=O)NCC(C)(O)CC(C)C. The van der Waals surface area contributed by atoms with E-state index in [4.69, 9.17) is 0 Å². The molecular weight excluding hydrogens is 262 g/mol. The fraction of sp³-hybridized carbons (Fsp3) is 0.571. The molecule has 0 saturated heterocycles. The van der Waals surface area contributed by atoms with Crippen LogP contribution in [0.25, 0.3) is 0 Å². The fourth-order valence-electron chi connectivity index (χ4n) is 2.14. The maximum atomic E-state index is 12.2. The third-order valence-electron chi connectivity index (χ3n) is 2.87. The van der Waals surface area contributed by atoms with Gasteiger partial charge in [-0.1, -0.05) is 32.0 Å². The van der Waals surface area contributed by atoms with Gasteiger partial charge >= 0.3 is 0 Å². The van der Waals surface area contributed by atoms with Crippen molar-refractivity contribution in [3.05, 3.63) is 29.8 Å². The Morgan fingerprint density at radius 3 is 2.42 bits per heavy atom. The van der Waals surface area contributed by atoms with Crippen LogP contribution in [0.5, 0.6) is 0 Å². The second-order valence-corrected chi connectivity index (χ2v) is 7.42. The summed E-state index contributed by atoms with van der Waals surface area (Å²) in [5, 5.41) is 10.1. The summed E-state index contributed by atoms with van der Waals surface area (Å²) in [6, 6.07) is 6.80. The summed E-state index contributed by atoms with van der Waals surface area (Å²) in [6.45, 7) is 7.39. The number of sulfonamides is 1. The van der Waals surface area contributed by atoms with E-state index in [1.807, 2.05) is 13.8 Å². The summed E-state index contributed by atoms with van der Waals surface area (Å²) in [5.74, 6) is 0.304. The Bertz CT molecular complexity index is 521. The lowest BCUT2D eigenvalue weighted by Gasteiger charge is -2.25. The zero-order valence-corrected chi connectivity index (χ0v) is 12.8. The molecule has 108 valence electrons. The van der Waals surface area contributed by atoms with Gasteiger partial charge in [-0.3, -0.25) is 0 Å². The van der Waals surface area contributed by atoms with Crippen LogP contribution in [0.3, 0.4) is 0 Å². The molecule has 2 N–H and O–H groups in total. The van der Waals surface area contributed by atoms with Crippen molar-refractivity contribution in [1.29, 1.82) is 0 Å². The first-order valence-corrected chi connectivity index (χ1v) is 7.90. The largest absolute Gasteiger partial charge is 0.389 e. The van der Waals surface area contributed by atoms with Crippen LogP contribution in [-0.2, 0) is 10.0 Å². The number of hydrogen-bond acceptors (Lipinski definition) is 3. The van der Waals surface area contributed by atoms with Gasteiger partial charge in [0.25, 0.3) is 0 Å². The maximum absolute atomic E-state index is 12.2. The van der Waals surface area contributed by atoms with Crippen molar-refractivity contribution in [3.8, 4) is 0 Å². The molecule has 0 bridgehead atoms. The van der Waals surface area contributed by atoms with Crippen molar-refractivity contribution >= 4 is 10.0 Å². The first-order chi connectivity index (χ1) is 8.64. The van der Waals surface area contributed by atoms with Crippen LogP contribution in [0.4, 0.5) is 0 Å². The van der Waals surface area contributed by atoms with Crippen molar-refractivity contribution in [1.82, 2.24) is 4.72 Å². The molecule has 19 heavy (non-hydrogen) atoms. The summed E-state index contributed by atoms with van der Waals surface area (Å²) in [7, 11) is -3.57. The highest BCUT2D eigenvalue weighted by atomic mass is 32.2. The lowest BCUT2D eigenvalue weighted by Crippen LogP contribution is -2.41. The van der Waals surface area contributed by atoms with E-state index >= 15 is 0 Å². The zero-order valence-electron chi connectivity index (χ0n) is 12.0. The standard InChI is InChI=1S/C14H23NO3S/c1-11(2)9-14(4,16)10-15-19(17,18)13-8-6-5-7-12(13)3/h5-8,11,15-16H,9-10H2,1-4H3. The molecule has 1 rings (SSSR count). The molecule has 1 unspecified atom stereocenters. The highest BCUT2D eigenvalue weighted by molar-refractivity contribution is 7.89. The van der Waals surface area contributed by atoms with Crippen LogP contribution >= 0.6 is 0 Å². The van der Waals surface area contributed by atoms with Gasteiger partial charge in [-0.2, -0.15) is 0 Å². The Morgan fingerprint density at radius 2 is 1.89 bits per heavy atom. The van der Waals surface area contributed by atoms with Crippen molar-refractivity contribution in [2.24, 2.45) is 5.92 Å². The predicted octanol–water partition coefficient (Wildman–Crippen LogP) is 2.07. The van der Waals surface area contributed by atoms with Gasteiger partial charge in [-0.25, -0.2) is 13.1 Å². The van der Waals surface area contributed by atoms with E-state index in [1.54, 1.807) is 38.1 Å². The predicted molar refractivity (Wildman–Crippen MR) is 76.4 cm³/mol. The second-order valence-electron chi connectivity index (χ2n) is 5.68. The van der Waals surface area contributed by atoms with Gasteiger partial charge < -0.3 is 5.11 Å². The number of rotatable bonds is 6. The summed E-state index contributed by atoms with van der Waals surface area (Å²) in [5.41, 5.74) is -0.345. The van der Waals surface area contributed by atoms with E-state index < -0.39 is 15.6 Å². The van der Waals surface area contributed by atoms with Crippen LogP contribution in [0.1, 0.15) is 32.8 Å². The Morgan fingerprint density at radius 1 is 1.32 bits per heavy atom. The monoisotopic (exact) mass is 285 g/mol. The van der Waals surface area contributed by atoms with Crippen LogP contribution in [0, 0.1) is 12.8 Å². The molecule has 4 nitrogen and oxygen atoms in total. The van der Waals surface area contributed by atoms with Crippen molar-refractivity contribution < 1.29 is 13.5 Å². The van der Waals surface area contributed by atoms with E-state index in [1.165, 1.54) is 0 Å². The minimum absolute atomic E-state index is 0.0157. The number of aliphatic hydroxyl groups is 1. The highest BCUT2D eigenvalue weighted by Crippen LogP contribution is 2.18. The van der Waals surface area contributed by atoms with Gasteiger partial charge in [0.2, 0.25) is 10.0 Å². The molecule has 0 aliphatic heterocycles. The van der Waals surface area contributed by atoms with Gasteiger partial charge in [0.05, 0.1) is 10.5 Å². The van der Waals surface area contributed by atoms with Crippen LogP contribution < -0.4 is 4.72 Å². The van der Waals surface area contributed by atoms with E-state index in [9.17, 15) is 13.5 Å². The minimum Gasteiger partial charge on any atom is -0.389 e. The Balaban J connectivity index is 2.80. The number of benzene rings is 1. The Kier molecular flexibility index (Phi) is 5.12. The van der Waals surface area contributed by atoms with Gasteiger partial charge in [-0.05, 0) is 37.8 Å². The van der Waals surface area contributed by atoms with E-state index in [-0.39, 0.29) is 11.4 Å². The lowest BCUT2D eigenvalue weighted by molar-refractivity contribution is 0.0436. The molecule has 0 spiro atoms. The number of hydrogen-bond donors (Lipinski definition) is 2. The average Bonchev–Trinajstić information content (AvgIpc) is 2.25. The molecule has 0 fully saturated rings. The minimum atomic E-state index is -3.57. The first kappa shape index (κ1) is 16.1. The third-order valence-corrected chi connectivity index (χ3v) is 4.44. The van der Waals surface area contributed by atoms with Crippen molar-refractivity contribution in [3.63, 3.8) is 0 Å². The molecule has 0 heterocycles. The van der Waals surface area contributed by atoms with E-state index in [0.717, 1.165) is 0 Å². The maximum Gasteiger partial charge on any atom is 0.240 e. The van der Waals surface area contributed by atoms with Gasteiger partial charge in [0, 0.05) is 6.54 Å². The molecule has 1 aromatic rings. The second kappa shape index (κ2) is 6.03. The van der Waals surface area contributed by atoms with Crippen molar-refractivity contribution in [2.75, 3.05) is 6.54 Å². The smallest absolute Gasteiger partial charge is 0.240 e. The van der Waals surface area contributed by atoms with Crippen LogP contribution in [-0.4, -0.2) is 25.7 Å². The van der Waals surface area contributed by atoms with Gasteiger partial charge in [0.1, 0.15) is 0 Å². The van der Waals surface area contributed by atoms with E-state index in [2.05, 4.69) is 4.72 Å². The fourth-order valence-corrected chi connectivity index (χ4v) is 3.54. The summed E-state index contributed by atoms with van der Waals surface area (Å²) >= 11 is 0. The molecule has 1 aromatic carbocycles. The third kappa shape index (κ3) is 4.93. The molecule has 5 heteroatoms. The summed E-state index contributed by atoms with van der Waals surface area (Å²) in [4.78, 5) is 0.260. The Labute approximate surface area is 115 Å². The van der Waals surface area contributed by atoms with Crippen LogP contribution in [0.15, 0.2) is 29.2 Å². The summed E-state index contributed by atoms with van der Waals surface area (Å²) in [6.07, 6.45) is 0.545. The molecule has 0 aliphatic carbocycles.